The van der Waals surface area contributed by atoms with Gasteiger partial charge in [0.15, 0.2) is 4.67 Å². The zero-order chi connectivity index (χ0) is 13.4. The first-order chi connectivity index (χ1) is 9.18. The van der Waals surface area contributed by atoms with E-state index in [4.69, 9.17) is 4.42 Å². The molecule has 1 aromatic heterocycles. The average Bonchev–Trinajstić information content (AvgIpc) is 2.75. The van der Waals surface area contributed by atoms with Gasteiger partial charge in [0.2, 0.25) is 0 Å². The van der Waals surface area contributed by atoms with Crippen LogP contribution in [0.5, 0.6) is 0 Å². The molecule has 3 rings (SSSR count). The van der Waals surface area contributed by atoms with Crippen molar-refractivity contribution in [1.82, 2.24) is 0 Å². The lowest BCUT2D eigenvalue weighted by molar-refractivity contribution is 0.0699. The molecule has 0 unspecified atom stereocenters. The minimum absolute atomic E-state index is 0.241. The van der Waals surface area contributed by atoms with E-state index < -0.39 is 5.97 Å². The number of aromatic carboxylic acids is 1. The Bertz CT molecular complexity index is 760. The summed E-state index contributed by atoms with van der Waals surface area (Å²) >= 11 is 3.37. The molecule has 0 atom stereocenters. The quantitative estimate of drug-likeness (QED) is 0.754. The fraction of sp³-hybridized carbons (Fsp3) is 0. The molecule has 2 aromatic carbocycles. The second-order valence-corrected chi connectivity index (χ2v) is 4.82. The van der Waals surface area contributed by atoms with Crippen LogP contribution in [0.25, 0.3) is 22.1 Å². The lowest BCUT2D eigenvalue weighted by Gasteiger charge is -2.02. The van der Waals surface area contributed by atoms with Gasteiger partial charge in [0.05, 0.1) is 5.56 Å². The molecule has 1 heterocycles. The Hall–Kier alpha value is -2.07. The summed E-state index contributed by atoms with van der Waals surface area (Å²) in [5.41, 5.74) is 2.49. The maximum Gasteiger partial charge on any atom is 0.336 e. The summed E-state index contributed by atoms with van der Waals surface area (Å²) in [6, 6.07) is 14.6. The van der Waals surface area contributed by atoms with E-state index in [0.29, 0.717) is 15.6 Å². The van der Waals surface area contributed by atoms with Crippen LogP contribution in [0.2, 0.25) is 0 Å². The first-order valence-corrected chi connectivity index (χ1v) is 6.47. The number of benzene rings is 2. The molecule has 0 aliphatic carbocycles. The average molecular weight is 317 g/mol. The Morgan fingerprint density at radius 2 is 1.79 bits per heavy atom. The number of hydrogen-bond donors (Lipinski definition) is 1. The van der Waals surface area contributed by atoms with Crippen molar-refractivity contribution in [2.24, 2.45) is 0 Å². The fourth-order valence-electron chi connectivity index (χ4n) is 2.16. The SMILES string of the molecule is O=C(O)c1cccc2oc(Br)c(-c3ccccc3)c12. The van der Waals surface area contributed by atoms with Crippen molar-refractivity contribution in [2.75, 3.05) is 0 Å². The molecular weight excluding hydrogens is 308 g/mol. The van der Waals surface area contributed by atoms with Crippen LogP contribution < -0.4 is 0 Å². The molecule has 0 spiro atoms. The summed E-state index contributed by atoms with van der Waals surface area (Å²) in [5.74, 6) is -0.962. The minimum atomic E-state index is -0.962. The zero-order valence-corrected chi connectivity index (χ0v) is 11.3. The van der Waals surface area contributed by atoms with Crippen LogP contribution in [0, 0.1) is 0 Å². The van der Waals surface area contributed by atoms with Crippen molar-refractivity contribution in [3.63, 3.8) is 0 Å². The highest BCUT2D eigenvalue weighted by Gasteiger charge is 2.19. The van der Waals surface area contributed by atoms with Gasteiger partial charge in [-0.2, -0.15) is 0 Å². The predicted octanol–water partition coefficient (Wildman–Crippen LogP) is 4.56. The molecule has 3 aromatic rings. The van der Waals surface area contributed by atoms with Gasteiger partial charge >= 0.3 is 5.97 Å². The number of fused-ring (bicyclic) bond motifs is 1. The van der Waals surface area contributed by atoms with Gasteiger partial charge in [-0.25, -0.2) is 4.79 Å². The molecule has 0 fully saturated rings. The molecule has 4 heteroatoms. The van der Waals surface area contributed by atoms with Crippen molar-refractivity contribution in [2.45, 2.75) is 0 Å². The Morgan fingerprint density at radius 1 is 1.05 bits per heavy atom. The highest BCUT2D eigenvalue weighted by molar-refractivity contribution is 9.10. The van der Waals surface area contributed by atoms with Crippen molar-refractivity contribution < 1.29 is 14.3 Å². The molecule has 0 aliphatic rings. The molecule has 0 amide bonds. The number of carboxylic acids is 1. The minimum Gasteiger partial charge on any atom is -0.478 e. The van der Waals surface area contributed by atoms with Gasteiger partial charge in [0.25, 0.3) is 0 Å². The van der Waals surface area contributed by atoms with Crippen molar-refractivity contribution in [1.29, 1.82) is 0 Å². The second-order valence-electron chi connectivity index (χ2n) is 4.10. The van der Waals surface area contributed by atoms with E-state index in [2.05, 4.69) is 15.9 Å². The Morgan fingerprint density at radius 3 is 2.47 bits per heavy atom. The highest BCUT2D eigenvalue weighted by atomic mass is 79.9. The van der Waals surface area contributed by atoms with Crippen molar-refractivity contribution >= 4 is 32.9 Å². The van der Waals surface area contributed by atoms with E-state index in [1.165, 1.54) is 0 Å². The Kier molecular flexibility index (Phi) is 2.87. The maximum atomic E-state index is 11.4. The number of carboxylic acid groups (broad SMARTS) is 1. The number of hydrogen-bond acceptors (Lipinski definition) is 2. The largest absolute Gasteiger partial charge is 0.478 e. The third-order valence-electron chi connectivity index (χ3n) is 2.97. The summed E-state index contributed by atoms with van der Waals surface area (Å²) in [6.45, 7) is 0. The smallest absolute Gasteiger partial charge is 0.336 e. The van der Waals surface area contributed by atoms with Crippen LogP contribution in [0.3, 0.4) is 0 Å². The van der Waals surface area contributed by atoms with Gasteiger partial charge in [-0.3, -0.25) is 0 Å². The van der Waals surface area contributed by atoms with E-state index in [0.717, 1.165) is 11.1 Å². The molecule has 3 nitrogen and oxygen atoms in total. The molecule has 0 saturated carbocycles. The molecular formula is C15H9BrO3. The molecule has 94 valence electrons. The summed E-state index contributed by atoms with van der Waals surface area (Å²) in [6.07, 6.45) is 0. The van der Waals surface area contributed by atoms with E-state index in [9.17, 15) is 9.90 Å². The Balaban J connectivity index is 2.42. The van der Waals surface area contributed by atoms with Gasteiger partial charge in [0, 0.05) is 10.9 Å². The lowest BCUT2D eigenvalue weighted by atomic mass is 10.0. The number of carbonyl (C=O) groups is 1. The van der Waals surface area contributed by atoms with Gasteiger partial charge in [-0.1, -0.05) is 36.4 Å². The molecule has 0 aliphatic heterocycles. The van der Waals surface area contributed by atoms with Gasteiger partial charge < -0.3 is 9.52 Å². The van der Waals surface area contributed by atoms with Crippen molar-refractivity contribution in [3.05, 3.63) is 58.8 Å². The van der Waals surface area contributed by atoms with E-state index >= 15 is 0 Å². The monoisotopic (exact) mass is 316 g/mol. The first-order valence-electron chi connectivity index (χ1n) is 5.68. The third kappa shape index (κ3) is 1.94. The molecule has 0 bridgehead atoms. The van der Waals surface area contributed by atoms with Crippen LogP contribution in [0.15, 0.2) is 57.6 Å². The second kappa shape index (κ2) is 4.55. The van der Waals surface area contributed by atoms with Crippen LogP contribution in [-0.2, 0) is 0 Å². The van der Waals surface area contributed by atoms with Gasteiger partial charge in [-0.15, -0.1) is 0 Å². The lowest BCUT2D eigenvalue weighted by Crippen LogP contribution is -1.96. The third-order valence-corrected chi connectivity index (χ3v) is 3.52. The summed E-state index contributed by atoms with van der Waals surface area (Å²) in [4.78, 5) is 11.4. The first kappa shape index (κ1) is 12.0. The molecule has 0 saturated heterocycles. The number of halogens is 1. The van der Waals surface area contributed by atoms with Gasteiger partial charge in [0.1, 0.15) is 5.58 Å². The summed E-state index contributed by atoms with van der Waals surface area (Å²) < 4.78 is 6.14. The highest BCUT2D eigenvalue weighted by Crippen LogP contribution is 2.39. The number of rotatable bonds is 2. The fourth-order valence-corrected chi connectivity index (χ4v) is 2.76. The van der Waals surface area contributed by atoms with Crippen LogP contribution in [0.4, 0.5) is 0 Å². The van der Waals surface area contributed by atoms with Crippen molar-refractivity contribution in [3.8, 4) is 11.1 Å². The zero-order valence-electron chi connectivity index (χ0n) is 9.76. The Labute approximate surface area is 117 Å². The number of furan rings is 1. The molecule has 19 heavy (non-hydrogen) atoms. The van der Waals surface area contributed by atoms with Gasteiger partial charge in [-0.05, 0) is 33.6 Å². The van der Waals surface area contributed by atoms with Crippen LogP contribution in [0.1, 0.15) is 10.4 Å². The van der Waals surface area contributed by atoms with Crippen LogP contribution in [-0.4, -0.2) is 11.1 Å². The van der Waals surface area contributed by atoms with E-state index in [1.54, 1.807) is 18.2 Å². The van der Waals surface area contributed by atoms with E-state index in [-0.39, 0.29) is 5.56 Å². The predicted molar refractivity (Wildman–Crippen MR) is 76.3 cm³/mol. The molecule has 1 N–H and O–H groups in total. The van der Waals surface area contributed by atoms with E-state index in [1.807, 2.05) is 30.3 Å². The topological polar surface area (TPSA) is 50.4 Å². The normalized spacial score (nSPS) is 10.8. The standard InChI is InChI=1S/C15H9BrO3/c16-14-12(9-5-2-1-3-6-9)13-10(15(17)18)7-4-8-11(13)19-14/h1-8H,(H,17,18). The molecule has 0 radical (unpaired) electrons. The maximum absolute atomic E-state index is 11.4. The summed E-state index contributed by atoms with van der Waals surface area (Å²) in [5, 5.41) is 9.93. The van der Waals surface area contributed by atoms with Crippen LogP contribution >= 0.6 is 15.9 Å². The summed E-state index contributed by atoms with van der Waals surface area (Å²) in [7, 11) is 0.